The Morgan fingerprint density at radius 2 is 1.82 bits per heavy atom. The SMILES string of the molecule is O=c1cc(-c2ccccc2)sc2ncccc12. The minimum atomic E-state index is 0.0331. The number of aromatic nitrogens is 1. The van der Waals surface area contributed by atoms with E-state index in [-0.39, 0.29) is 5.43 Å². The molecule has 0 saturated carbocycles. The summed E-state index contributed by atoms with van der Waals surface area (Å²) in [6.07, 6.45) is 1.72. The minimum Gasteiger partial charge on any atom is -0.289 e. The van der Waals surface area contributed by atoms with Crippen molar-refractivity contribution < 1.29 is 0 Å². The number of hydrogen-bond donors (Lipinski definition) is 0. The molecule has 0 unspecified atom stereocenters. The number of nitrogens with zero attached hydrogens (tertiary/aromatic N) is 1. The molecule has 0 fully saturated rings. The first kappa shape index (κ1) is 10.2. The third-order valence-corrected chi connectivity index (χ3v) is 3.66. The fraction of sp³-hybridized carbons (Fsp3) is 0. The van der Waals surface area contributed by atoms with Crippen LogP contribution in [0.25, 0.3) is 20.7 Å². The summed E-state index contributed by atoms with van der Waals surface area (Å²) < 4.78 is 0. The molecule has 3 rings (SSSR count). The second kappa shape index (κ2) is 4.11. The highest BCUT2D eigenvalue weighted by molar-refractivity contribution is 7.21. The molecule has 3 heteroatoms. The minimum absolute atomic E-state index is 0.0331. The van der Waals surface area contributed by atoms with Gasteiger partial charge >= 0.3 is 0 Å². The lowest BCUT2D eigenvalue weighted by molar-refractivity contribution is 1.44. The average molecular weight is 239 g/mol. The summed E-state index contributed by atoms with van der Waals surface area (Å²) in [5, 5.41) is 0.692. The van der Waals surface area contributed by atoms with Gasteiger partial charge in [-0.25, -0.2) is 4.98 Å². The Morgan fingerprint density at radius 1 is 1.00 bits per heavy atom. The van der Waals surface area contributed by atoms with Crippen molar-refractivity contribution in [3.05, 3.63) is 65.0 Å². The molecule has 0 amide bonds. The summed E-state index contributed by atoms with van der Waals surface area (Å²) >= 11 is 1.54. The van der Waals surface area contributed by atoms with Crippen LogP contribution in [0.5, 0.6) is 0 Å². The van der Waals surface area contributed by atoms with Crippen molar-refractivity contribution in [2.75, 3.05) is 0 Å². The molecular weight excluding hydrogens is 230 g/mol. The van der Waals surface area contributed by atoms with E-state index in [9.17, 15) is 4.79 Å². The largest absolute Gasteiger partial charge is 0.289 e. The Bertz CT molecular complexity index is 719. The zero-order valence-electron chi connectivity index (χ0n) is 8.96. The van der Waals surface area contributed by atoms with Crippen LogP contribution in [0.1, 0.15) is 0 Å². The quantitative estimate of drug-likeness (QED) is 0.652. The van der Waals surface area contributed by atoms with E-state index in [0.717, 1.165) is 15.3 Å². The van der Waals surface area contributed by atoms with Gasteiger partial charge in [-0.3, -0.25) is 4.79 Å². The van der Waals surface area contributed by atoms with Crippen molar-refractivity contribution in [3.63, 3.8) is 0 Å². The van der Waals surface area contributed by atoms with Gasteiger partial charge in [-0.2, -0.15) is 0 Å². The van der Waals surface area contributed by atoms with E-state index >= 15 is 0 Å². The van der Waals surface area contributed by atoms with E-state index < -0.39 is 0 Å². The van der Waals surface area contributed by atoms with Crippen LogP contribution < -0.4 is 5.43 Å². The lowest BCUT2D eigenvalue weighted by atomic mass is 10.2. The number of fused-ring (bicyclic) bond motifs is 1. The Morgan fingerprint density at radius 3 is 2.65 bits per heavy atom. The monoisotopic (exact) mass is 239 g/mol. The Labute approximate surface area is 102 Å². The molecule has 0 aliphatic heterocycles. The molecule has 0 N–H and O–H groups in total. The van der Waals surface area contributed by atoms with Gasteiger partial charge in [-0.15, -0.1) is 11.3 Å². The van der Waals surface area contributed by atoms with E-state index in [1.807, 2.05) is 36.4 Å². The number of pyridine rings is 1. The first-order valence-corrected chi connectivity index (χ1v) is 6.10. The molecule has 2 heterocycles. The third kappa shape index (κ3) is 1.85. The van der Waals surface area contributed by atoms with Crippen molar-refractivity contribution in [2.24, 2.45) is 0 Å². The maximum absolute atomic E-state index is 11.9. The zero-order chi connectivity index (χ0) is 11.7. The summed E-state index contributed by atoms with van der Waals surface area (Å²) in [6, 6.07) is 15.2. The van der Waals surface area contributed by atoms with Gasteiger partial charge in [-0.1, -0.05) is 30.3 Å². The molecule has 3 aromatic rings. The van der Waals surface area contributed by atoms with Crippen LogP contribution in [-0.2, 0) is 0 Å². The number of rotatable bonds is 1. The fourth-order valence-electron chi connectivity index (χ4n) is 1.73. The summed E-state index contributed by atoms with van der Waals surface area (Å²) in [6.45, 7) is 0. The number of hydrogen-bond acceptors (Lipinski definition) is 3. The smallest absolute Gasteiger partial charge is 0.190 e. The summed E-state index contributed by atoms with van der Waals surface area (Å²) in [5.41, 5.74) is 1.09. The maximum atomic E-state index is 11.9. The van der Waals surface area contributed by atoms with Gasteiger partial charge in [0, 0.05) is 17.1 Å². The average Bonchev–Trinajstić information content (AvgIpc) is 2.40. The van der Waals surface area contributed by atoms with E-state index in [0.29, 0.717) is 5.39 Å². The topological polar surface area (TPSA) is 30.0 Å². The Kier molecular flexibility index (Phi) is 2.46. The molecule has 82 valence electrons. The van der Waals surface area contributed by atoms with Crippen molar-refractivity contribution in [3.8, 4) is 10.4 Å². The predicted molar refractivity (Wildman–Crippen MR) is 71.3 cm³/mol. The second-order valence-corrected chi connectivity index (χ2v) is 4.73. The molecular formula is C14H9NOS. The van der Waals surface area contributed by atoms with Gasteiger partial charge in [0.1, 0.15) is 4.83 Å². The van der Waals surface area contributed by atoms with Crippen LogP contribution >= 0.6 is 11.3 Å². The van der Waals surface area contributed by atoms with Crippen molar-refractivity contribution in [1.29, 1.82) is 0 Å². The van der Waals surface area contributed by atoms with Gasteiger partial charge < -0.3 is 0 Å². The maximum Gasteiger partial charge on any atom is 0.190 e. The molecule has 2 aromatic heterocycles. The van der Waals surface area contributed by atoms with Crippen LogP contribution in [0.2, 0.25) is 0 Å². The van der Waals surface area contributed by atoms with Gasteiger partial charge in [0.15, 0.2) is 5.43 Å². The zero-order valence-corrected chi connectivity index (χ0v) is 9.78. The van der Waals surface area contributed by atoms with Crippen LogP contribution in [0.3, 0.4) is 0 Å². The lowest BCUT2D eigenvalue weighted by Gasteiger charge is -2.01. The first-order chi connectivity index (χ1) is 8.34. The van der Waals surface area contributed by atoms with Gasteiger partial charge in [0.25, 0.3) is 0 Å². The highest BCUT2D eigenvalue weighted by Gasteiger charge is 2.04. The van der Waals surface area contributed by atoms with Crippen LogP contribution in [-0.4, -0.2) is 4.98 Å². The normalized spacial score (nSPS) is 10.6. The predicted octanol–water partition coefficient (Wildman–Crippen LogP) is 3.32. The summed E-state index contributed by atoms with van der Waals surface area (Å²) in [4.78, 5) is 17.9. The molecule has 0 saturated heterocycles. The fourth-order valence-corrected chi connectivity index (χ4v) is 2.76. The molecule has 17 heavy (non-hydrogen) atoms. The molecule has 0 radical (unpaired) electrons. The Balaban J connectivity index is 2.30. The van der Waals surface area contributed by atoms with Crippen molar-refractivity contribution in [2.45, 2.75) is 0 Å². The van der Waals surface area contributed by atoms with Crippen LogP contribution in [0.15, 0.2) is 59.5 Å². The van der Waals surface area contributed by atoms with Gasteiger partial charge in [0.2, 0.25) is 0 Å². The van der Waals surface area contributed by atoms with E-state index in [1.165, 1.54) is 0 Å². The first-order valence-electron chi connectivity index (χ1n) is 5.29. The second-order valence-electron chi connectivity index (χ2n) is 3.70. The van der Waals surface area contributed by atoms with Gasteiger partial charge in [-0.05, 0) is 17.7 Å². The van der Waals surface area contributed by atoms with E-state index in [1.54, 1.807) is 29.7 Å². The highest BCUT2D eigenvalue weighted by atomic mass is 32.1. The third-order valence-electron chi connectivity index (χ3n) is 2.56. The van der Waals surface area contributed by atoms with E-state index in [2.05, 4.69) is 4.98 Å². The number of benzene rings is 1. The van der Waals surface area contributed by atoms with Crippen molar-refractivity contribution in [1.82, 2.24) is 4.98 Å². The standard InChI is InChI=1S/C14H9NOS/c16-12-9-13(10-5-2-1-3-6-10)17-14-11(12)7-4-8-15-14/h1-9H. The Hall–Kier alpha value is -2.00. The summed E-state index contributed by atoms with van der Waals surface area (Å²) in [7, 11) is 0. The highest BCUT2D eigenvalue weighted by Crippen LogP contribution is 2.26. The van der Waals surface area contributed by atoms with Crippen molar-refractivity contribution >= 4 is 21.6 Å². The molecule has 1 aromatic carbocycles. The molecule has 0 bridgehead atoms. The van der Waals surface area contributed by atoms with Crippen LogP contribution in [0.4, 0.5) is 0 Å². The van der Waals surface area contributed by atoms with Gasteiger partial charge in [0.05, 0.1) is 5.39 Å². The molecule has 2 nitrogen and oxygen atoms in total. The van der Waals surface area contributed by atoms with E-state index in [4.69, 9.17) is 0 Å². The lowest BCUT2D eigenvalue weighted by Crippen LogP contribution is -1.99. The molecule has 0 aliphatic rings. The molecule has 0 spiro atoms. The summed E-state index contributed by atoms with van der Waals surface area (Å²) in [5.74, 6) is 0. The molecule has 0 aliphatic carbocycles. The van der Waals surface area contributed by atoms with Crippen LogP contribution in [0, 0.1) is 0 Å². The molecule has 0 atom stereocenters.